The molecule has 0 aliphatic rings. The SMILES string of the molecule is CC(=O)Nc1ccc(NC(=O)COC(=O)/C=C/c2nc3ccccc3o2)cc1. The van der Waals surface area contributed by atoms with E-state index in [1.165, 1.54) is 13.0 Å². The summed E-state index contributed by atoms with van der Waals surface area (Å²) in [4.78, 5) is 38.8. The molecule has 0 aliphatic carbocycles. The predicted molar refractivity (Wildman–Crippen MR) is 103 cm³/mol. The number of hydrogen-bond acceptors (Lipinski definition) is 6. The van der Waals surface area contributed by atoms with Crippen LogP contribution in [-0.4, -0.2) is 29.4 Å². The van der Waals surface area contributed by atoms with Gasteiger partial charge in [0.15, 0.2) is 12.2 Å². The molecule has 2 aromatic carbocycles. The van der Waals surface area contributed by atoms with E-state index in [0.717, 1.165) is 6.08 Å². The van der Waals surface area contributed by atoms with Crippen molar-refractivity contribution in [2.24, 2.45) is 0 Å². The third-order valence-corrected chi connectivity index (χ3v) is 3.51. The lowest BCUT2D eigenvalue weighted by Crippen LogP contribution is -2.20. The second-order valence-electron chi connectivity index (χ2n) is 5.77. The van der Waals surface area contributed by atoms with E-state index >= 15 is 0 Å². The highest BCUT2D eigenvalue weighted by Gasteiger charge is 2.07. The maximum Gasteiger partial charge on any atom is 0.331 e. The van der Waals surface area contributed by atoms with Crippen molar-refractivity contribution in [2.75, 3.05) is 17.2 Å². The average molecular weight is 379 g/mol. The largest absolute Gasteiger partial charge is 0.452 e. The minimum atomic E-state index is -0.696. The summed E-state index contributed by atoms with van der Waals surface area (Å²) < 4.78 is 10.3. The van der Waals surface area contributed by atoms with E-state index < -0.39 is 18.5 Å². The lowest BCUT2D eigenvalue weighted by atomic mass is 10.2. The summed E-state index contributed by atoms with van der Waals surface area (Å²) in [6.45, 7) is 0.965. The Balaban J connectivity index is 1.47. The number of hydrogen-bond donors (Lipinski definition) is 2. The Morgan fingerprint density at radius 1 is 1.04 bits per heavy atom. The monoisotopic (exact) mass is 379 g/mol. The number of ether oxygens (including phenoxy) is 1. The quantitative estimate of drug-likeness (QED) is 0.503. The van der Waals surface area contributed by atoms with Crippen LogP contribution in [0.5, 0.6) is 0 Å². The third kappa shape index (κ3) is 5.28. The van der Waals surface area contributed by atoms with Crippen LogP contribution in [0.3, 0.4) is 0 Å². The van der Waals surface area contributed by atoms with E-state index in [0.29, 0.717) is 22.5 Å². The molecule has 2 amide bonds. The lowest BCUT2D eigenvalue weighted by molar-refractivity contribution is -0.142. The predicted octanol–water partition coefficient (Wildman–Crippen LogP) is 2.98. The number of carbonyl (C=O) groups is 3. The van der Waals surface area contributed by atoms with Gasteiger partial charge in [0, 0.05) is 30.5 Å². The van der Waals surface area contributed by atoms with Gasteiger partial charge in [-0.15, -0.1) is 0 Å². The molecule has 8 heteroatoms. The molecule has 0 unspecified atom stereocenters. The van der Waals surface area contributed by atoms with E-state index in [2.05, 4.69) is 15.6 Å². The van der Waals surface area contributed by atoms with E-state index in [4.69, 9.17) is 9.15 Å². The smallest absolute Gasteiger partial charge is 0.331 e. The van der Waals surface area contributed by atoms with Crippen molar-refractivity contribution in [2.45, 2.75) is 6.92 Å². The molecule has 142 valence electrons. The fraction of sp³-hybridized carbons (Fsp3) is 0.100. The van der Waals surface area contributed by atoms with Gasteiger partial charge in [-0.2, -0.15) is 0 Å². The molecule has 0 saturated carbocycles. The highest BCUT2D eigenvalue weighted by molar-refractivity contribution is 5.95. The van der Waals surface area contributed by atoms with Gasteiger partial charge in [-0.25, -0.2) is 9.78 Å². The zero-order valence-corrected chi connectivity index (χ0v) is 15.0. The van der Waals surface area contributed by atoms with Crippen LogP contribution in [0.15, 0.2) is 59.0 Å². The summed E-state index contributed by atoms with van der Waals surface area (Å²) >= 11 is 0. The Morgan fingerprint density at radius 2 is 1.71 bits per heavy atom. The van der Waals surface area contributed by atoms with Gasteiger partial charge in [0.2, 0.25) is 11.8 Å². The number of esters is 1. The minimum Gasteiger partial charge on any atom is -0.452 e. The number of fused-ring (bicyclic) bond motifs is 1. The van der Waals surface area contributed by atoms with Crippen LogP contribution in [-0.2, 0) is 19.1 Å². The highest BCUT2D eigenvalue weighted by Crippen LogP contribution is 2.15. The molecule has 0 bridgehead atoms. The molecule has 0 atom stereocenters. The van der Waals surface area contributed by atoms with E-state index in [-0.39, 0.29) is 11.8 Å². The van der Waals surface area contributed by atoms with E-state index in [1.807, 2.05) is 12.1 Å². The van der Waals surface area contributed by atoms with Gasteiger partial charge in [-0.05, 0) is 36.4 Å². The number of nitrogens with zero attached hydrogens (tertiary/aromatic N) is 1. The van der Waals surface area contributed by atoms with Crippen molar-refractivity contribution in [3.8, 4) is 0 Å². The molecule has 0 aliphatic heterocycles. The van der Waals surface area contributed by atoms with Gasteiger partial charge in [0.05, 0.1) is 0 Å². The Kier molecular flexibility index (Phi) is 5.81. The van der Waals surface area contributed by atoms with Crippen molar-refractivity contribution in [1.82, 2.24) is 4.98 Å². The number of aromatic nitrogens is 1. The first-order valence-electron chi connectivity index (χ1n) is 8.37. The molecule has 0 spiro atoms. The van der Waals surface area contributed by atoms with Crippen molar-refractivity contribution < 1.29 is 23.5 Å². The van der Waals surface area contributed by atoms with Gasteiger partial charge in [0.25, 0.3) is 5.91 Å². The number of amides is 2. The van der Waals surface area contributed by atoms with Crippen LogP contribution in [0.4, 0.5) is 11.4 Å². The first kappa shape index (κ1) is 18.8. The normalized spacial score (nSPS) is 10.8. The van der Waals surface area contributed by atoms with E-state index in [9.17, 15) is 14.4 Å². The van der Waals surface area contributed by atoms with Crippen molar-refractivity contribution in [3.05, 3.63) is 60.5 Å². The van der Waals surface area contributed by atoms with Crippen LogP contribution in [0, 0.1) is 0 Å². The van der Waals surface area contributed by atoms with Gasteiger partial charge in [0.1, 0.15) is 5.52 Å². The van der Waals surface area contributed by atoms with Crippen LogP contribution >= 0.6 is 0 Å². The summed E-state index contributed by atoms with van der Waals surface area (Å²) in [7, 11) is 0. The molecular weight excluding hydrogens is 362 g/mol. The second-order valence-corrected chi connectivity index (χ2v) is 5.77. The van der Waals surface area contributed by atoms with E-state index in [1.54, 1.807) is 36.4 Å². The molecule has 1 heterocycles. The maximum absolute atomic E-state index is 11.9. The zero-order valence-electron chi connectivity index (χ0n) is 15.0. The number of carbonyl (C=O) groups excluding carboxylic acids is 3. The third-order valence-electron chi connectivity index (χ3n) is 3.51. The van der Waals surface area contributed by atoms with Crippen LogP contribution in [0.2, 0.25) is 0 Å². The van der Waals surface area contributed by atoms with Gasteiger partial charge < -0.3 is 19.8 Å². The Hall–Kier alpha value is -3.94. The summed E-state index contributed by atoms with van der Waals surface area (Å²) in [6.07, 6.45) is 2.52. The Bertz CT molecular complexity index is 1000. The number of rotatable bonds is 6. The minimum absolute atomic E-state index is 0.186. The fourth-order valence-electron chi connectivity index (χ4n) is 2.32. The molecule has 8 nitrogen and oxygen atoms in total. The number of benzene rings is 2. The average Bonchev–Trinajstić information content (AvgIpc) is 3.09. The number of oxazole rings is 1. The topological polar surface area (TPSA) is 111 Å². The molecule has 0 saturated heterocycles. The molecule has 0 fully saturated rings. The van der Waals surface area contributed by atoms with Crippen LogP contribution in [0.1, 0.15) is 12.8 Å². The highest BCUT2D eigenvalue weighted by atomic mass is 16.5. The molecule has 3 aromatic rings. The molecular formula is C20H17N3O5. The molecule has 0 radical (unpaired) electrons. The zero-order chi connectivity index (χ0) is 19.9. The fourth-order valence-corrected chi connectivity index (χ4v) is 2.32. The molecule has 2 N–H and O–H groups in total. The van der Waals surface area contributed by atoms with Crippen LogP contribution < -0.4 is 10.6 Å². The first-order chi connectivity index (χ1) is 13.5. The van der Waals surface area contributed by atoms with Crippen molar-refractivity contribution in [3.63, 3.8) is 0 Å². The summed E-state index contributed by atoms with van der Waals surface area (Å²) in [5.41, 5.74) is 2.41. The van der Waals surface area contributed by atoms with Gasteiger partial charge >= 0.3 is 5.97 Å². The number of anilines is 2. The van der Waals surface area contributed by atoms with Crippen molar-refractivity contribution in [1.29, 1.82) is 0 Å². The molecule has 1 aromatic heterocycles. The molecule has 28 heavy (non-hydrogen) atoms. The van der Waals surface area contributed by atoms with Gasteiger partial charge in [-0.1, -0.05) is 12.1 Å². The Labute approximate surface area is 160 Å². The number of para-hydroxylation sites is 2. The molecule has 3 rings (SSSR count). The lowest BCUT2D eigenvalue weighted by Gasteiger charge is -2.07. The second kappa shape index (κ2) is 8.63. The van der Waals surface area contributed by atoms with Crippen molar-refractivity contribution >= 4 is 46.3 Å². The summed E-state index contributed by atoms with van der Waals surface area (Å²) in [5.74, 6) is -1.11. The maximum atomic E-state index is 11.9. The van der Waals surface area contributed by atoms with Gasteiger partial charge in [-0.3, -0.25) is 9.59 Å². The van der Waals surface area contributed by atoms with Crippen LogP contribution in [0.25, 0.3) is 17.2 Å². The summed E-state index contributed by atoms with van der Waals surface area (Å²) in [6, 6.07) is 13.8. The summed E-state index contributed by atoms with van der Waals surface area (Å²) in [5, 5.41) is 5.21. The standard InChI is InChI=1S/C20H17N3O5/c1-13(24)21-14-6-8-15(9-7-14)22-18(25)12-27-20(26)11-10-19-23-16-4-2-3-5-17(16)28-19/h2-11H,12H2,1H3,(H,21,24)(H,22,25)/b11-10+. The number of nitrogens with one attached hydrogen (secondary N) is 2. The Morgan fingerprint density at radius 3 is 2.39 bits per heavy atom. The first-order valence-corrected chi connectivity index (χ1v) is 8.37.